The molecule has 1 fully saturated rings. The van der Waals surface area contributed by atoms with E-state index in [-0.39, 0.29) is 0 Å². The van der Waals surface area contributed by atoms with Crippen LogP contribution in [0.2, 0.25) is 0 Å². The van der Waals surface area contributed by atoms with Crippen molar-refractivity contribution < 1.29 is 4.74 Å². The lowest BCUT2D eigenvalue weighted by Crippen LogP contribution is -2.20. The number of unbranched alkanes of at least 4 members (excludes halogenated alkanes) is 4. The van der Waals surface area contributed by atoms with Crippen molar-refractivity contribution in [1.29, 1.82) is 0 Å². The van der Waals surface area contributed by atoms with Crippen LogP contribution in [0.3, 0.4) is 0 Å². The van der Waals surface area contributed by atoms with Gasteiger partial charge in [0.15, 0.2) is 0 Å². The number of aryl methyl sites for hydroxylation is 1. The van der Waals surface area contributed by atoms with Crippen molar-refractivity contribution in [3.05, 3.63) is 42.4 Å². The summed E-state index contributed by atoms with van der Waals surface area (Å²) >= 11 is 0. The molecule has 0 radical (unpaired) electrons. The maximum absolute atomic E-state index is 6.10. The van der Waals surface area contributed by atoms with Crippen molar-refractivity contribution >= 4 is 0 Å². The highest BCUT2D eigenvalue weighted by molar-refractivity contribution is 5.58. The molecule has 0 unspecified atom stereocenters. The van der Waals surface area contributed by atoms with Gasteiger partial charge in [0.1, 0.15) is 5.75 Å². The Morgan fingerprint density at radius 2 is 1.53 bits per heavy atom. The molecular formula is C27H40N2O. The highest BCUT2D eigenvalue weighted by Crippen LogP contribution is 2.32. The normalized spacial score (nSPS) is 19.0. The van der Waals surface area contributed by atoms with Crippen molar-refractivity contribution in [2.24, 2.45) is 11.8 Å². The molecule has 0 atom stereocenters. The quantitative estimate of drug-likeness (QED) is 0.338. The zero-order chi connectivity index (χ0) is 21.0. The maximum atomic E-state index is 6.10. The molecule has 1 aliphatic carbocycles. The maximum Gasteiger partial charge on any atom is 0.119 e. The molecule has 3 nitrogen and oxygen atoms in total. The molecule has 1 heterocycles. The Morgan fingerprint density at radius 3 is 2.20 bits per heavy atom. The molecule has 1 aromatic heterocycles. The van der Waals surface area contributed by atoms with Gasteiger partial charge in [-0.15, -0.1) is 0 Å². The van der Waals surface area contributed by atoms with Crippen LogP contribution < -0.4 is 4.74 Å². The van der Waals surface area contributed by atoms with E-state index in [4.69, 9.17) is 4.74 Å². The summed E-state index contributed by atoms with van der Waals surface area (Å²) in [5.41, 5.74) is 3.13. The van der Waals surface area contributed by atoms with Gasteiger partial charge in [-0.2, -0.15) is 0 Å². The SMILES string of the molecule is CCCCCCc1cnc(-c2ccc(OC[C@H]3CC[C@H](CCCC)CC3)cc2)cn1. The van der Waals surface area contributed by atoms with E-state index in [0.717, 1.165) is 47.6 Å². The minimum atomic E-state index is 0.721. The molecule has 0 bridgehead atoms. The van der Waals surface area contributed by atoms with E-state index in [1.807, 2.05) is 12.4 Å². The van der Waals surface area contributed by atoms with Crippen LogP contribution in [0, 0.1) is 11.8 Å². The van der Waals surface area contributed by atoms with Crippen LogP contribution in [0.5, 0.6) is 5.75 Å². The highest BCUT2D eigenvalue weighted by atomic mass is 16.5. The molecule has 0 N–H and O–H groups in total. The van der Waals surface area contributed by atoms with Crippen LogP contribution in [0.15, 0.2) is 36.7 Å². The third kappa shape index (κ3) is 7.41. The van der Waals surface area contributed by atoms with Crippen molar-refractivity contribution in [2.45, 2.75) is 90.9 Å². The fourth-order valence-corrected chi connectivity index (χ4v) is 4.48. The van der Waals surface area contributed by atoms with Crippen LogP contribution in [0.4, 0.5) is 0 Å². The first-order chi connectivity index (χ1) is 14.8. The number of hydrogen-bond donors (Lipinski definition) is 0. The zero-order valence-corrected chi connectivity index (χ0v) is 19.1. The lowest BCUT2D eigenvalue weighted by atomic mass is 9.80. The summed E-state index contributed by atoms with van der Waals surface area (Å²) in [5, 5.41) is 0. The van der Waals surface area contributed by atoms with Crippen molar-refractivity contribution in [3.8, 4) is 17.0 Å². The van der Waals surface area contributed by atoms with Gasteiger partial charge in [-0.3, -0.25) is 9.97 Å². The van der Waals surface area contributed by atoms with Gasteiger partial charge in [0.05, 0.1) is 24.2 Å². The summed E-state index contributed by atoms with van der Waals surface area (Å²) in [4.78, 5) is 9.23. The Hall–Kier alpha value is -1.90. The third-order valence-electron chi connectivity index (χ3n) is 6.56. The fraction of sp³-hybridized carbons (Fsp3) is 0.630. The van der Waals surface area contributed by atoms with E-state index in [1.54, 1.807) is 0 Å². The van der Waals surface area contributed by atoms with Crippen LogP contribution in [-0.2, 0) is 6.42 Å². The smallest absolute Gasteiger partial charge is 0.119 e. The number of aromatic nitrogens is 2. The van der Waals surface area contributed by atoms with Crippen molar-refractivity contribution in [2.75, 3.05) is 6.61 Å². The van der Waals surface area contributed by atoms with Crippen LogP contribution in [-0.4, -0.2) is 16.6 Å². The first-order valence-electron chi connectivity index (χ1n) is 12.3. The van der Waals surface area contributed by atoms with Gasteiger partial charge >= 0.3 is 0 Å². The van der Waals surface area contributed by atoms with Gasteiger partial charge in [-0.25, -0.2) is 0 Å². The average Bonchev–Trinajstić information content (AvgIpc) is 2.81. The summed E-state index contributed by atoms with van der Waals surface area (Å²) in [6, 6.07) is 8.34. The average molecular weight is 409 g/mol. The molecule has 2 aromatic rings. The summed E-state index contributed by atoms with van der Waals surface area (Å²) in [6.45, 7) is 5.39. The molecule has 30 heavy (non-hydrogen) atoms. The molecule has 164 valence electrons. The second kappa shape index (κ2) is 12.7. The molecule has 3 rings (SSSR count). The summed E-state index contributed by atoms with van der Waals surface area (Å²) < 4.78 is 6.10. The predicted octanol–water partition coefficient (Wildman–Crippen LogP) is 7.64. The van der Waals surface area contributed by atoms with E-state index in [2.05, 4.69) is 48.1 Å². The molecule has 1 saturated carbocycles. The molecular weight excluding hydrogens is 368 g/mol. The van der Waals surface area contributed by atoms with Gasteiger partial charge in [-0.1, -0.05) is 65.2 Å². The Morgan fingerprint density at radius 1 is 0.800 bits per heavy atom. The standard InChI is InChI=1S/C27H40N2O/c1-3-5-7-8-10-25-19-29-27(20-28-25)24-15-17-26(18-16-24)30-21-23-13-11-22(12-14-23)9-6-4-2/h15-20,22-23H,3-14,21H2,1-2H3/t22-,23-. The molecule has 1 aliphatic rings. The van der Waals surface area contributed by atoms with E-state index >= 15 is 0 Å². The first-order valence-corrected chi connectivity index (χ1v) is 12.3. The second-order valence-corrected chi connectivity index (χ2v) is 9.07. The summed E-state index contributed by atoms with van der Waals surface area (Å²) in [7, 11) is 0. The van der Waals surface area contributed by atoms with Gasteiger partial charge in [0, 0.05) is 11.8 Å². The van der Waals surface area contributed by atoms with E-state index in [9.17, 15) is 0 Å². The third-order valence-corrected chi connectivity index (χ3v) is 6.56. The minimum Gasteiger partial charge on any atom is -0.493 e. The van der Waals surface area contributed by atoms with E-state index < -0.39 is 0 Å². The predicted molar refractivity (Wildman–Crippen MR) is 126 cm³/mol. The largest absolute Gasteiger partial charge is 0.493 e. The molecule has 1 aromatic carbocycles. The monoisotopic (exact) mass is 408 g/mol. The van der Waals surface area contributed by atoms with Gasteiger partial charge < -0.3 is 4.74 Å². The first kappa shape index (κ1) is 22.8. The van der Waals surface area contributed by atoms with Crippen LogP contribution in [0.1, 0.15) is 90.2 Å². The van der Waals surface area contributed by atoms with Gasteiger partial charge in [-0.05, 0) is 61.8 Å². The Bertz CT molecular complexity index is 703. The number of rotatable bonds is 12. The summed E-state index contributed by atoms with van der Waals surface area (Å²) in [6.07, 6.45) is 19.5. The number of benzene rings is 1. The van der Waals surface area contributed by atoms with E-state index in [0.29, 0.717) is 0 Å². The fourth-order valence-electron chi connectivity index (χ4n) is 4.48. The Balaban J connectivity index is 1.41. The van der Waals surface area contributed by atoms with Crippen LogP contribution >= 0.6 is 0 Å². The van der Waals surface area contributed by atoms with Gasteiger partial charge in [0.25, 0.3) is 0 Å². The molecule has 0 amide bonds. The van der Waals surface area contributed by atoms with E-state index in [1.165, 1.54) is 70.6 Å². The number of hydrogen-bond acceptors (Lipinski definition) is 3. The number of ether oxygens (including phenoxy) is 1. The molecule has 3 heteroatoms. The topological polar surface area (TPSA) is 35.0 Å². The molecule has 0 aliphatic heterocycles. The zero-order valence-electron chi connectivity index (χ0n) is 19.1. The molecule has 0 spiro atoms. The minimum absolute atomic E-state index is 0.721. The Kier molecular flexibility index (Phi) is 9.66. The highest BCUT2D eigenvalue weighted by Gasteiger charge is 2.21. The van der Waals surface area contributed by atoms with Crippen molar-refractivity contribution in [3.63, 3.8) is 0 Å². The number of nitrogens with zero attached hydrogens (tertiary/aromatic N) is 2. The lowest BCUT2D eigenvalue weighted by molar-refractivity contribution is 0.178. The van der Waals surface area contributed by atoms with Crippen LogP contribution in [0.25, 0.3) is 11.3 Å². The Labute approximate surface area is 183 Å². The van der Waals surface area contributed by atoms with Gasteiger partial charge in [0.2, 0.25) is 0 Å². The lowest BCUT2D eigenvalue weighted by Gasteiger charge is -2.28. The second-order valence-electron chi connectivity index (χ2n) is 9.07. The van der Waals surface area contributed by atoms with Crippen molar-refractivity contribution in [1.82, 2.24) is 9.97 Å². The summed E-state index contributed by atoms with van der Waals surface area (Å²) in [5.74, 6) is 2.65. The molecule has 0 saturated heterocycles.